The normalized spacial score (nSPS) is 23.9. The molecule has 1 aromatic rings. The van der Waals surface area contributed by atoms with E-state index in [2.05, 4.69) is 4.98 Å². The number of hydrogen-bond donors (Lipinski definition) is 1. The van der Waals surface area contributed by atoms with E-state index in [1.165, 1.54) is 6.20 Å². The zero-order valence-corrected chi connectivity index (χ0v) is 13.0. The van der Waals surface area contributed by atoms with Gasteiger partial charge in [0.2, 0.25) is 5.91 Å². The minimum Gasteiger partial charge on any atom is -0.376 e. The lowest BCUT2D eigenvalue weighted by Crippen LogP contribution is -2.46. The van der Waals surface area contributed by atoms with Crippen LogP contribution >= 0.6 is 0 Å². The third kappa shape index (κ3) is 2.72. The van der Waals surface area contributed by atoms with E-state index in [-0.39, 0.29) is 17.4 Å². The molecule has 2 N–H and O–H groups in total. The summed E-state index contributed by atoms with van der Waals surface area (Å²) in [5.74, 6) is 0.400. The number of hydrogen-bond acceptors (Lipinski definition) is 4. The van der Waals surface area contributed by atoms with Crippen LogP contribution in [0.4, 0.5) is 0 Å². The van der Waals surface area contributed by atoms with Crippen molar-refractivity contribution in [3.63, 3.8) is 0 Å². The summed E-state index contributed by atoms with van der Waals surface area (Å²) in [6.07, 6.45) is 2.99. The highest BCUT2D eigenvalue weighted by Gasteiger charge is 2.36. The Morgan fingerprint density at radius 1 is 1.41 bits per heavy atom. The van der Waals surface area contributed by atoms with Gasteiger partial charge in [-0.05, 0) is 26.7 Å². The van der Waals surface area contributed by atoms with Crippen LogP contribution in [0.2, 0.25) is 0 Å². The Hall–Kier alpha value is -1.89. The Bertz CT molecular complexity index is 608. The Morgan fingerprint density at radius 3 is 2.86 bits per heavy atom. The van der Waals surface area contributed by atoms with E-state index in [0.717, 1.165) is 18.7 Å². The molecule has 120 valence electrons. The number of amides is 2. The van der Waals surface area contributed by atoms with Crippen molar-refractivity contribution in [1.29, 1.82) is 0 Å². The zero-order chi connectivity index (χ0) is 15.9. The number of carbonyl (C=O) groups is 2. The second-order valence-electron chi connectivity index (χ2n) is 6.63. The van der Waals surface area contributed by atoms with E-state index in [0.29, 0.717) is 31.9 Å². The lowest BCUT2D eigenvalue weighted by atomic mass is 9.87. The van der Waals surface area contributed by atoms with Crippen LogP contribution in [0.25, 0.3) is 0 Å². The van der Waals surface area contributed by atoms with Gasteiger partial charge in [-0.1, -0.05) is 0 Å². The van der Waals surface area contributed by atoms with Crippen molar-refractivity contribution in [1.82, 2.24) is 14.5 Å². The Kier molecular flexibility index (Phi) is 3.68. The fourth-order valence-electron chi connectivity index (χ4n) is 3.35. The number of nitrogens with two attached hydrogens (primary N) is 1. The molecule has 22 heavy (non-hydrogen) atoms. The average molecular weight is 306 g/mol. The smallest absolute Gasteiger partial charge is 0.266 e. The van der Waals surface area contributed by atoms with Gasteiger partial charge in [0.1, 0.15) is 11.5 Å². The monoisotopic (exact) mass is 306 g/mol. The summed E-state index contributed by atoms with van der Waals surface area (Å²) in [6.45, 7) is 6.25. The lowest BCUT2D eigenvalue weighted by molar-refractivity contribution is -0.146. The van der Waals surface area contributed by atoms with Crippen LogP contribution in [0.15, 0.2) is 6.20 Å². The van der Waals surface area contributed by atoms with Gasteiger partial charge in [0.25, 0.3) is 5.91 Å². The standard InChI is InChI=1S/C15H22N4O3/c1-15(2)7-10(3-6-22-15)14(21)18-4-5-19-11(13(16)20)8-17-12(19)9-18/h8,10H,3-7,9H2,1-2H3,(H2,16,20)/t10-/m1/s1. The molecule has 1 saturated heterocycles. The van der Waals surface area contributed by atoms with Crippen LogP contribution in [0.3, 0.4) is 0 Å². The summed E-state index contributed by atoms with van der Waals surface area (Å²) >= 11 is 0. The van der Waals surface area contributed by atoms with E-state index >= 15 is 0 Å². The van der Waals surface area contributed by atoms with Gasteiger partial charge in [-0.25, -0.2) is 4.98 Å². The molecule has 0 aliphatic carbocycles. The summed E-state index contributed by atoms with van der Waals surface area (Å²) in [5.41, 5.74) is 5.50. The molecule has 3 heterocycles. The van der Waals surface area contributed by atoms with E-state index in [9.17, 15) is 9.59 Å². The van der Waals surface area contributed by atoms with Crippen LogP contribution in [0.1, 0.15) is 43.0 Å². The highest BCUT2D eigenvalue weighted by atomic mass is 16.5. The largest absolute Gasteiger partial charge is 0.376 e. The number of rotatable bonds is 2. The fraction of sp³-hybridized carbons (Fsp3) is 0.667. The summed E-state index contributed by atoms with van der Waals surface area (Å²) < 4.78 is 7.49. The SMILES string of the molecule is CC1(C)C[C@H](C(=O)N2CCn3c(C(N)=O)cnc3C2)CCO1. The number of nitrogens with zero attached hydrogens (tertiary/aromatic N) is 3. The maximum atomic E-state index is 12.7. The van der Waals surface area contributed by atoms with E-state index in [4.69, 9.17) is 10.5 Å². The molecule has 3 rings (SSSR count). The minimum atomic E-state index is -0.482. The van der Waals surface area contributed by atoms with Gasteiger partial charge in [-0.15, -0.1) is 0 Å². The molecule has 2 aliphatic rings. The predicted molar refractivity (Wildman–Crippen MR) is 78.9 cm³/mol. The number of imidazole rings is 1. The molecule has 1 atom stereocenters. The van der Waals surface area contributed by atoms with Gasteiger partial charge >= 0.3 is 0 Å². The first-order chi connectivity index (χ1) is 10.4. The van der Waals surface area contributed by atoms with Crippen molar-refractivity contribution >= 4 is 11.8 Å². The maximum absolute atomic E-state index is 12.7. The topological polar surface area (TPSA) is 90.5 Å². The van der Waals surface area contributed by atoms with Crippen molar-refractivity contribution in [2.45, 2.75) is 45.4 Å². The number of primary amides is 1. The fourth-order valence-corrected chi connectivity index (χ4v) is 3.35. The van der Waals surface area contributed by atoms with Crippen LogP contribution in [-0.4, -0.2) is 45.0 Å². The zero-order valence-electron chi connectivity index (χ0n) is 13.0. The number of aromatic nitrogens is 2. The molecular weight excluding hydrogens is 284 g/mol. The number of carbonyl (C=O) groups excluding carboxylic acids is 2. The molecular formula is C15H22N4O3. The Balaban J connectivity index is 1.72. The van der Waals surface area contributed by atoms with Crippen LogP contribution in [0, 0.1) is 5.92 Å². The molecule has 0 saturated carbocycles. The van der Waals surface area contributed by atoms with Gasteiger partial charge in [0.15, 0.2) is 0 Å². The third-order valence-corrected chi connectivity index (χ3v) is 4.47. The van der Waals surface area contributed by atoms with E-state index in [1.54, 1.807) is 4.57 Å². The average Bonchev–Trinajstić information content (AvgIpc) is 2.88. The number of fused-ring (bicyclic) bond motifs is 1. The molecule has 1 fully saturated rings. The molecule has 7 heteroatoms. The van der Waals surface area contributed by atoms with Crippen LogP contribution in [-0.2, 0) is 22.6 Å². The molecule has 7 nitrogen and oxygen atoms in total. The molecule has 1 aromatic heterocycles. The molecule has 0 aromatic carbocycles. The van der Waals surface area contributed by atoms with Crippen LogP contribution < -0.4 is 5.73 Å². The maximum Gasteiger partial charge on any atom is 0.266 e. The molecule has 2 aliphatic heterocycles. The first kappa shape index (κ1) is 15.0. The second-order valence-corrected chi connectivity index (χ2v) is 6.63. The van der Waals surface area contributed by atoms with E-state index < -0.39 is 5.91 Å². The van der Waals surface area contributed by atoms with Gasteiger partial charge in [-0.2, -0.15) is 0 Å². The first-order valence-corrected chi connectivity index (χ1v) is 7.64. The number of ether oxygens (including phenoxy) is 1. The Labute approximate surface area is 129 Å². The van der Waals surface area contributed by atoms with E-state index in [1.807, 2.05) is 18.7 Å². The van der Waals surface area contributed by atoms with Crippen LogP contribution in [0.5, 0.6) is 0 Å². The van der Waals surface area contributed by atoms with Crippen molar-refractivity contribution in [2.24, 2.45) is 11.7 Å². The quantitative estimate of drug-likeness (QED) is 0.863. The van der Waals surface area contributed by atoms with Gasteiger partial charge in [0.05, 0.1) is 18.3 Å². The minimum absolute atomic E-state index is 0.000808. The highest BCUT2D eigenvalue weighted by molar-refractivity contribution is 5.91. The van der Waals surface area contributed by atoms with Crippen molar-refractivity contribution < 1.29 is 14.3 Å². The molecule has 0 unspecified atom stereocenters. The Morgan fingerprint density at radius 2 is 2.18 bits per heavy atom. The van der Waals surface area contributed by atoms with Gasteiger partial charge in [0, 0.05) is 25.6 Å². The lowest BCUT2D eigenvalue weighted by Gasteiger charge is -2.38. The molecule has 0 radical (unpaired) electrons. The molecule has 2 amide bonds. The summed E-state index contributed by atoms with van der Waals surface area (Å²) in [4.78, 5) is 30.1. The highest BCUT2D eigenvalue weighted by Crippen LogP contribution is 2.30. The second kappa shape index (κ2) is 5.39. The van der Waals surface area contributed by atoms with Gasteiger partial charge in [-0.3, -0.25) is 9.59 Å². The summed E-state index contributed by atoms with van der Waals surface area (Å²) in [6, 6.07) is 0. The van der Waals surface area contributed by atoms with Gasteiger partial charge < -0.3 is 19.9 Å². The molecule has 0 bridgehead atoms. The summed E-state index contributed by atoms with van der Waals surface area (Å²) in [5, 5.41) is 0. The molecule has 0 spiro atoms. The predicted octanol–water partition coefficient (Wildman–Crippen LogP) is 0.529. The first-order valence-electron chi connectivity index (χ1n) is 7.64. The van der Waals surface area contributed by atoms with Crippen molar-refractivity contribution in [3.05, 3.63) is 17.7 Å². The summed E-state index contributed by atoms with van der Waals surface area (Å²) in [7, 11) is 0. The van der Waals surface area contributed by atoms with Crippen molar-refractivity contribution in [3.8, 4) is 0 Å². The van der Waals surface area contributed by atoms with Crippen molar-refractivity contribution in [2.75, 3.05) is 13.2 Å². The third-order valence-electron chi connectivity index (χ3n) is 4.47.